The van der Waals surface area contributed by atoms with Crippen molar-refractivity contribution in [3.8, 4) is 0 Å². The second kappa shape index (κ2) is 6.69. The molecule has 1 aromatic carbocycles. The minimum Gasteiger partial charge on any atom is -0.358 e. The lowest BCUT2D eigenvalue weighted by atomic mass is 10.1. The molecule has 0 bridgehead atoms. The lowest BCUT2D eigenvalue weighted by Gasteiger charge is -2.25. The van der Waals surface area contributed by atoms with Crippen molar-refractivity contribution in [1.82, 2.24) is 14.7 Å². The van der Waals surface area contributed by atoms with E-state index in [1.54, 1.807) is 11.9 Å². The van der Waals surface area contributed by atoms with Gasteiger partial charge in [0.05, 0.1) is 17.3 Å². The van der Waals surface area contributed by atoms with Crippen LogP contribution in [0.25, 0.3) is 0 Å². The molecule has 0 N–H and O–H groups in total. The van der Waals surface area contributed by atoms with Crippen LogP contribution in [0.1, 0.15) is 18.5 Å². The molecular weight excluding hydrogens is 352 g/mol. The van der Waals surface area contributed by atoms with E-state index in [1.807, 2.05) is 37.3 Å². The first-order valence-corrected chi connectivity index (χ1v) is 7.37. The minimum absolute atomic E-state index is 0.0554. The minimum atomic E-state index is -0.596. The maximum atomic E-state index is 12.3. The monoisotopic (exact) mass is 366 g/mol. The second-order valence-electron chi connectivity index (χ2n) is 4.85. The molecule has 1 atom stereocenters. The molecule has 2 aromatic rings. The highest BCUT2D eigenvalue weighted by molar-refractivity contribution is 9.10. The van der Waals surface area contributed by atoms with Crippen LogP contribution in [-0.4, -0.2) is 32.6 Å². The van der Waals surface area contributed by atoms with Gasteiger partial charge in [-0.15, -0.1) is 0 Å². The van der Waals surface area contributed by atoms with Gasteiger partial charge in [-0.3, -0.25) is 4.79 Å². The molecule has 0 aliphatic rings. The number of hydrogen-bond donors (Lipinski definition) is 0. The number of carbonyl (C=O) groups is 1. The first kappa shape index (κ1) is 16.2. The molecule has 0 saturated heterocycles. The lowest BCUT2D eigenvalue weighted by Crippen LogP contribution is -2.32. The summed E-state index contributed by atoms with van der Waals surface area (Å²) >= 11 is 3.06. The molecule has 8 heteroatoms. The van der Waals surface area contributed by atoms with Crippen molar-refractivity contribution in [2.45, 2.75) is 19.5 Å². The van der Waals surface area contributed by atoms with Crippen molar-refractivity contribution in [3.63, 3.8) is 0 Å². The SMILES string of the molecule is CC(c1ccccc1)N(C)C(=O)Cn1cc(Br)c([N+](=O)[O-])n1. The number of nitro groups is 1. The van der Waals surface area contributed by atoms with Crippen LogP contribution in [0.3, 0.4) is 0 Å². The summed E-state index contributed by atoms with van der Waals surface area (Å²) in [6.07, 6.45) is 1.43. The number of nitrogens with zero attached hydrogens (tertiary/aromatic N) is 4. The van der Waals surface area contributed by atoms with Gasteiger partial charge in [0.15, 0.2) is 0 Å². The van der Waals surface area contributed by atoms with Crippen LogP contribution in [0.15, 0.2) is 41.0 Å². The Morgan fingerprint density at radius 2 is 2.09 bits per heavy atom. The number of amides is 1. The first-order valence-electron chi connectivity index (χ1n) is 6.58. The summed E-state index contributed by atoms with van der Waals surface area (Å²) in [7, 11) is 1.70. The van der Waals surface area contributed by atoms with Crippen molar-refractivity contribution < 1.29 is 9.72 Å². The smallest absolute Gasteiger partial charge is 0.358 e. The molecule has 0 aliphatic carbocycles. The van der Waals surface area contributed by atoms with Crippen LogP contribution in [0.4, 0.5) is 5.82 Å². The van der Waals surface area contributed by atoms with Crippen LogP contribution in [0.2, 0.25) is 0 Å². The Balaban J connectivity index is 2.08. The number of carbonyl (C=O) groups excluding carboxylic acids is 1. The van der Waals surface area contributed by atoms with E-state index in [-0.39, 0.29) is 28.8 Å². The van der Waals surface area contributed by atoms with Gasteiger partial charge in [-0.05, 0) is 33.3 Å². The summed E-state index contributed by atoms with van der Waals surface area (Å²) in [5, 5.41) is 14.5. The zero-order chi connectivity index (χ0) is 16.3. The average molecular weight is 367 g/mol. The van der Waals surface area contributed by atoms with Gasteiger partial charge in [0, 0.05) is 7.05 Å². The highest BCUT2D eigenvalue weighted by Crippen LogP contribution is 2.23. The Morgan fingerprint density at radius 1 is 1.45 bits per heavy atom. The summed E-state index contributed by atoms with van der Waals surface area (Å²) in [6, 6.07) is 9.55. The molecular formula is C14H15BrN4O3. The number of likely N-dealkylation sites (N-methyl/N-ethyl adjacent to an activating group) is 1. The highest BCUT2D eigenvalue weighted by Gasteiger charge is 2.23. The molecule has 0 aliphatic heterocycles. The van der Waals surface area contributed by atoms with Gasteiger partial charge in [0.1, 0.15) is 11.0 Å². The predicted molar refractivity (Wildman–Crippen MR) is 84.2 cm³/mol. The molecule has 1 amide bonds. The molecule has 0 spiro atoms. The lowest BCUT2D eigenvalue weighted by molar-refractivity contribution is -0.390. The van der Waals surface area contributed by atoms with Crippen molar-refractivity contribution in [2.75, 3.05) is 7.05 Å². The van der Waals surface area contributed by atoms with E-state index >= 15 is 0 Å². The Hall–Kier alpha value is -2.22. The zero-order valence-corrected chi connectivity index (χ0v) is 13.7. The van der Waals surface area contributed by atoms with Crippen molar-refractivity contribution in [3.05, 3.63) is 56.7 Å². The van der Waals surface area contributed by atoms with Gasteiger partial charge in [-0.2, -0.15) is 4.68 Å². The molecule has 0 radical (unpaired) electrons. The Labute approximate surface area is 135 Å². The van der Waals surface area contributed by atoms with E-state index < -0.39 is 4.92 Å². The number of aromatic nitrogens is 2. The third-order valence-corrected chi connectivity index (χ3v) is 3.99. The van der Waals surface area contributed by atoms with Crippen LogP contribution in [0.5, 0.6) is 0 Å². The van der Waals surface area contributed by atoms with E-state index in [0.717, 1.165) is 5.56 Å². The Kier molecular flexibility index (Phi) is 4.92. The van der Waals surface area contributed by atoms with Crippen LogP contribution < -0.4 is 0 Å². The van der Waals surface area contributed by atoms with E-state index in [4.69, 9.17) is 0 Å². The quantitative estimate of drug-likeness (QED) is 0.601. The first-order chi connectivity index (χ1) is 10.4. The Bertz CT molecular complexity index is 687. The molecule has 2 rings (SSSR count). The van der Waals surface area contributed by atoms with E-state index in [1.165, 1.54) is 10.9 Å². The fraction of sp³-hybridized carbons (Fsp3) is 0.286. The van der Waals surface area contributed by atoms with E-state index in [2.05, 4.69) is 21.0 Å². The maximum absolute atomic E-state index is 12.3. The molecule has 1 aromatic heterocycles. The fourth-order valence-electron chi connectivity index (χ4n) is 2.01. The van der Waals surface area contributed by atoms with Crippen molar-refractivity contribution in [1.29, 1.82) is 0 Å². The number of hydrogen-bond acceptors (Lipinski definition) is 4. The van der Waals surface area contributed by atoms with Gasteiger partial charge in [0.2, 0.25) is 5.91 Å². The van der Waals surface area contributed by atoms with Crippen LogP contribution in [0, 0.1) is 10.1 Å². The molecule has 116 valence electrons. The average Bonchev–Trinajstić information content (AvgIpc) is 2.87. The fourth-order valence-corrected chi connectivity index (χ4v) is 2.47. The van der Waals surface area contributed by atoms with E-state index in [9.17, 15) is 14.9 Å². The summed E-state index contributed by atoms with van der Waals surface area (Å²) in [5.41, 5.74) is 1.02. The molecule has 22 heavy (non-hydrogen) atoms. The summed E-state index contributed by atoms with van der Waals surface area (Å²) in [6.45, 7) is 1.87. The Morgan fingerprint density at radius 3 is 2.64 bits per heavy atom. The van der Waals surface area contributed by atoms with Crippen molar-refractivity contribution in [2.24, 2.45) is 0 Å². The zero-order valence-electron chi connectivity index (χ0n) is 12.1. The third kappa shape index (κ3) is 3.51. The highest BCUT2D eigenvalue weighted by atomic mass is 79.9. The number of benzene rings is 1. The third-order valence-electron chi connectivity index (χ3n) is 3.43. The van der Waals surface area contributed by atoms with Gasteiger partial charge >= 0.3 is 5.82 Å². The largest absolute Gasteiger partial charge is 0.404 e. The molecule has 7 nitrogen and oxygen atoms in total. The molecule has 0 saturated carbocycles. The number of rotatable bonds is 5. The number of halogens is 1. The molecule has 1 unspecified atom stereocenters. The molecule has 0 fully saturated rings. The normalized spacial score (nSPS) is 12.0. The summed E-state index contributed by atoms with van der Waals surface area (Å²) in [5.74, 6) is -0.479. The summed E-state index contributed by atoms with van der Waals surface area (Å²) in [4.78, 5) is 24.0. The van der Waals surface area contributed by atoms with Crippen LogP contribution >= 0.6 is 15.9 Å². The van der Waals surface area contributed by atoms with Crippen molar-refractivity contribution >= 4 is 27.7 Å². The topological polar surface area (TPSA) is 81.3 Å². The maximum Gasteiger partial charge on any atom is 0.404 e. The second-order valence-corrected chi connectivity index (χ2v) is 5.70. The van der Waals surface area contributed by atoms with Gasteiger partial charge in [0.25, 0.3) is 0 Å². The van der Waals surface area contributed by atoms with Gasteiger partial charge < -0.3 is 15.0 Å². The predicted octanol–water partition coefficient (Wildman–Crippen LogP) is 2.77. The van der Waals surface area contributed by atoms with Crippen LogP contribution in [-0.2, 0) is 11.3 Å². The van der Waals surface area contributed by atoms with Gasteiger partial charge in [-0.25, -0.2) is 0 Å². The van der Waals surface area contributed by atoms with E-state index in [0.29, 0.717) is 0 Å². The summed E-state index contributed by atoms with van der Waals surface area (Å²) < 4.78 is 1.52. The standard InChI is InChI=1S/C14H15BrN4O3/c1-10(11-6-4-3-5-7-11)17(2)13(20)9-18-8-12(15)14(16-18)19(21)22/h3-8,10H,9H2,1-2H3. The van der Waals surface area contributed by atoms with Gasteiger partial charge in [-0.1, -0.05) is 30.3 Å². The molecule has 1 heterocycles.